The molecule has 308 valence electrons. The van der Waals surface area contributed by atoms with Gasteiger partial charge in [-0.3, -0.25) is 0 Å². The van der Waals surface area contributed by atoms with E-state index in [1.807, 2.05) is 33.8 Å². The van der Waals surface area contributed by atoms with Crippen LogP contribution in [0, 0.1) is 10.8 Å². The zero-order valence-electron chi connectivity index (χ0n) is 33.3. The number of diazo groups is 2. The molecule has 0 bridgehead atoms. The second-order valence-electron chi connectivity index (χ2n) is 15.2. The van der Waals surface area contributed by atoms with Crippen molar-refractivity contribution in [1.82, 2.24) is 0 Å². The molecule has 0 fully saturated rings. The Morgan fingerprint density at radius 3 is 1.36 bits per heavy atom. The van der Waals surface area contributed by atoms with Crippen LogP contribution in [0.2, 0.25) is 0 Å². The van der Waals surface area contributed by atoms with Gasteiger partial charge in [0.05, 0.1) is 7.11 Å². The van der Waals surface area contributed by atoms with Crippen LogP contribution in [-0.4, -0.2) is 29.1 Å². The minimum Gasteiger partial charge on any atom is -0.867 e. The summed E-state index contributed by atoms with van der Waals surface area (Å²) in [5.41, 5.74) is 0.566. The Labute approximate surface area is 351 Å². The summed E-state index contributed by atoms with van der Waals surface area (Å²) >= 11 is 0. The lowest BCUT2D eigenvalue weighted by Crippen LogP contribution is -2.24. The number of methoxy groups -OCH3 is 1. The smallest absolute Gasteiger partial charge is 0.378 e. The molecule has 7 aromatic carbocycles. The van der Waals surface area contributed by atoms with E-state index in [-0.39, 0.29) is 60.0 Å². The van der Waals surface area contributed by atoms with Gasteiger partial charge < -0.3 is 28.4 Å². The van der Waals surface area contributed by atoms with Crippen molar-refractivity contribution in [1.29, 1.82) is 10.8 Å². The Bertz CT molecular complexity index is 3210. The number of nitrogens with zero attached hydrogens (tertiary/aromatic N) is 4. The maximum absolute atomic E-state index is 13.5. The Balaban J connectivity index is 1.15. The van der Waals surface area contributed by atoms with Crippen LogP contribution in [0.15, 0.2) is 131 Å². The highest BCUT2D eigenvalue weighted by Crippen LogP contribution is 2.46. The molecule has 0 unspecified atom stereocenters. The van der Waals surface area contributed by atoms with E-state index in [9.17, 15) is 32.2 Å². The van der Waals surface area contributed by atoms with Gasteiger partial charge in [-0.2, -0.15) is 16.8 Å². The monoisotopic (exact) mass is 856 g/mol. The first-order valence-corrected chi connectivity index (χ1v) is 21.3. The molecule has 0 radical (unpaired) electrons. The standard InChI is InChI=1S/C45H36N4O10S2/c1-44(2,26-12-16-28(17-13-26)58-60(53,54)40-10-6-8-32-30(40)20-22-36(48-46)42(32)51)34-24-35(39(57-5)25-38(34)50)45(3,4)27-14-18-29(19-15-27)59-61(55,56)41-11-7-9-33-31(41)21-23-37(49-47)43(33)52/h6-25H,1-5H3,(H-2,50,51,52). The Hall–Kier alpha value is -7.40. The molecular weight excluding hydrogens is 821 g/mol. The van der Waals surface area contributed by atoms with Crippen molar-refractivity contribution in [2.75, 3.05) is 7.11 Å². The van der Waals surface area contributed by atoms with Gasteiger partial charge in [0.2, 0.25) is 10.8 Å². The van der Waals surface area contributed by atoms with E-state index in [0.717, 1.165) is 5.56 Å². The number of rotatable bonds is 11. The minimum atomic E-state index is -4.42. The highest BCUT2D eigenvalue weighted by molar-refractivity contribution is 7.87. The molecule has 7 aromatic rings. The fraction of sp³-hybridized carbons (Fsp3) is 0.156. The summed E-state index contributed by atoms with van der Waals surface area (Å²) in [4.78, 5) is 5.45. The third-order valence-electron chi connectivity index (χ3n) is 10.9. The van der Waals surface area contributed by atoms with Crippen LogP contribution in [0.5, 0.6) is 34.5 Å². The van der Waals surface area contributed by atoms with Crippen LogP contribution in [0.4, 0.5) is 11.4 Å². The summed E-state index contributed by atoms with van der Waals surface area (Å²) in [7, 11) is -7.35. The van der Waals surface area contributed by atoms with Crippen LogP contribution in [0.3, 0.4) is 0 Å². The summed E-state index contributed by atoms with van der Waals surface area (Å²) < 4.78 is 70.6. The lowest BCUT2D eigenvalue weighted by atomic mass is 9.72. The van der Waals surface area contributed by atoms with E-state index in [1.165, 1.54) is 98.1 Å². The molecule has 0 atom stereocenters. The average molecular weight is 857 g/mol. The van der Waals surface area contributed by atoms with Crippen molar-refractivity contribution >= 4 is 53.2 Å². The first-order chi connectivity index (χ1) is 28.8. The van der Waals surface area contributed by atoms with Crippen molar-refractivity contribution in [2.24, 2.45) is 0 Å². The summed E-state index contributed by atoms with van der Waals surface area (Å²) in [6, 6.07) is 29.6. The van der Waals surface area contributed by atoms with Crippen LogP contribution in [-0.2, 0) is 31.1 Å². The molecule has 0 aliphatic heterocycles. The molecule has 61 heavy (non-hydrogen) atoms. The molecule has 0 saturated heterocycles. The summed E-state index contributed by atoms with van der Waals surface area (Å²) in [6.45, 7) is 7.66. The predicted molar refractivity (Wildman–Crippen MR) is 224 cm³/mol. The van der Waals surface area contributed by atoms with E-state index in [4.69, 9.17) is 23.9 Å². The Morgan fingerprint density at radius 1 is 0.557 bits per heavy atom. The first kappa shape index (κ1) is 41.7. The molecule has 7 rings (SSSR count). The quantitative estimate of drug-likeness (QED) is 0.0952. The second-order valence-corrected chi connectivity index (χ2v) is 18.2. The Morgan fingerprint density at radius 2 is 0.967 bits per heavy atom. The van der Waals surface area contributed by atoms with Gasteiger partial charge in [0.1, 0.15) is 32.8 Å². The number of benzene rings is 7. The number of hydrogen-bond acceptors (Lipinski definition) is 12. The molecule has 0 spiro atoms. The molecule has 0 aliphatic rings. The van der Waals surface area contributed by atoms with Crippen LogP contribution in [0.1, 0.15) is 49.9 Å². The van der Waals surface area contributed by atoms with E-state index in [0.29, 0.717) is 22.4 Å². The van der Waals surface area contributed by atoms with Crippen LogP contribution >= 0.6 is 0 Å². The zero-order valence-corrected chi connectivity index (χ0v) is 34.9. The third-order valence-corrected chi connectivity index (χ3v) is 13.5. The van der Waals surface area contributed by atoms with Crippen molar-refractivity contribution < 1.29 is 45.3 Å². The topological polar surface area (TPSA) is 219 Å². The second kappa shape index (κ2) is 15.3. The van der Waals surface area contributed by atoms with Crippen LogP contribution in [0.25, 0.3) is 31.5 Å². The molecule has 0 heterocycles. The van der Waals surface area contributed by atoms with Gasteiger partial charge in [-0.25, -0.2) is 0 Å². The molecule has 0 amide bonds. The van der Waals surface area contributed by atoms with E-state index >= 15 is 0 Å². The van der Waals surface area contributed by atoms with Crippen molar-refractivity contribution in [3.8, 4) is 34.5 Å². The number of phenols is 1. The number of phenolic OH excluding ortho intramolecular Hbond substituents is 1. The van der Waals surface area contributed by atoms with Crippen molar-refractivity contribution in [3.63, 3.8) is 0 Å². The highest BCUT2D eigenvalue weighted by Gasteiger charge is 2.34. The molecule has 16 heteroatoms. The lowest BCUT2D eigenvalue weighted by Gasteiger charge is -2.32. The maximum atomic E-state index is 13.5. The van der Waals surface area contributed by atoms with Crippen LogP contribution < -0.4 is 23.3 Å². The largest absolute Gasteiger partial charge is 0.867 e. The van der Waals surface area contributed by atoms with E-state index in [1.54, 1.807) is 24.3 Å². The fourth-order valence-corrected chi connectivity index (χ4v) is 9.70. The van der Waals surface area contributed by atoms with Crippen molar-refractivity contribution in [2.45, 2.75) is 48.3 Å². The molecule has 14 nitrogen and oxygen atoms in total. The van der Waals surface area contributed by atoms with Gasteiger partial charge in [0.15, 0.2) is 9.95 Å². The summed E-state index contributed by atoms with van der Waals surface area (Å²) in [5, 5.41) is 55.2. The van der Waals surface area contributed by atoms with E-state index in [2.05, 4.69) is 9.95 Å². The maximum Gasteiger partial charge on any atom is 0.378 e. The Kier molecular flexibility index (Phi) is 10.5. The van der Waals surface area contributed by atoms with E-state index < -0.39 is 42.6 Å². The van der Waals surface area contributed by atoms with Gasteiger partial charge in [-0.1, -0.05) is 76.2 Å². The highest BCUT2D eigenvalue weighted by atomic mass is 32.2. The normalized spacial score (nSPS) is 12.1. The number of hydrogen-bond donors (Lipinski definition) is 1. The average Bonchev–Trinajstić information content (AvgIpc) is 3.23. The molecule has 0 saturated carbocycles. The number of fused-ring (bicyclic) bond motifs is 2. The third kappa shape index (κ3) is 7.43. The summed E-state index contributed by atoms with van der Waals surface area (Å²) in [6.07, 6.45) is 0. The first-order valence-electron chi connectivity index (χ1n) is 18.5. The summed E-state index contributed by atoms with van der Waals surface area (Å²) in [5.74, 6) is -0.905. The predicted octanol–water partition coefficient (Wildman–Crippen LogP) is 9.01. The van der Waals surface area contributed by atoms with Crippen molar-refractivity contribution in [3.05, 3.63) is 154 Å². The number of aromatic hydroxyl groups is 1. The number of ether oxygens (including phenoxy) is 1. The van der Waals surface area contributed by atoms with Gasteiger partial charge in [0, 0.05) is 50.9 Å². The molecule has 0 aliphatic carbocycles. The zero-order chi connectivity index (χ0) is 44.1. The SMILES string of the molecule is COc1cc(O)c(C(C)(C)c2ccc(OS(=O)(=O)c3cccc4c([O-])c([N+]#N)ccc34)cc2)cc1C(C)(C)c1ccc(OS(=O)(=O)c2cccc3c([O-])c([N+]#N)ccc23)cc1. The van der Waals surface area contributed by atoms with Gasteiger partial charge in [0.25, 0.3) is 0 Å². The van der Waals surface area contributed by atoms with Gasteiger partial charge >= 0.3 is 31.6 Å². The molecular formula is C45H36N4O10S2. The molecule has 1 N–H and O–H groups in total. The minimum absolute atomic E-state index is 0.00330. The lowest BCUT2D eigenvalue weighted by molar-refractivity contribution is -0.265. The fourth-order valence-electron chi connectivity index (χ4n) is 7.41. The van der Waals surface area contributed by atoms with Gasteiger partial charge in [-0.15, -0.1) is 0 Å². The molecule has 0 aromatic heterocycles. The van der Waals surface area contributed by atoms with Gasteiger partial charge in [-0.05, 0) is 88.0 Å².